The third-order valence-electron chi connectivity index (χ3n) is 3.07. The van der Waals surface area contributed by atoms with E-state index in [1.807, 2.05) is 16.9 Å². The van der Waals surface area contributed by atoms with Crippen LogP contribution in [0.15, 0.2) is 18.5 Å². The Morgan fingerprint density at radius 1 is 1.35 bits per heavy atom. The van der Waals surface area contributed by atoms with Gasteiger partial charge in [0, 0.05) is 25.8 Å². The van der Waals surface area contributed by atoms with Crippen LogP contribution in [0.5, 0.6) is 0 Å². The third-order valence-corrected chi connectivity index (χ3v) is 3.07. The van der Waals surface area contributed by atoms with Crippen molar-refractivity contribution in [2.24, 2.45) is 0 Å². The molecule has 20 heavy (non-hydrogen) atoms. The van der Waals surface area contributed by atoms with Crippen molar-refractivity contribution in [3.63, 3.8) is 0 Å². The van der Waals surface area contributed by atoms with Crippen molar-refractivity contribution in [1.29, 1.82) is 0 Å². The van der Waals surface area contributed by atoms with Crippen LogP contribution in [0, 0.1) is 6.92 Å². The maximum absolute atomic E-state index is 12.2. The molecule has 0 spiro atoms. The molecule has 0 aliphatic rings. The lowest BCUT2D eigenvalue weighted by Gasteiger charge is -2.07. The quantitative estimate of drug-likeness (QED) is 0.852. The Kier molecular flexibility index (Phi) is 6.67. The molecule has 2 aromatic heterocycles. The highest BCUT2D eigenvalue weighted by atomic mass is 35.5. The molecular formula is C13H21ClFN5. The summed E-state index contributed by atoms with van der Waals surface area (Å²) in [6.45, 7) is 6.38. The monoisotopic (exact) mass is 301 g/mol. The van der Waals surface area contributed by atoms with E-state index >= 15 is 0 Å². The Hall–Kier alpha value is -1.40. The average molecular weight is 302 g/mol. The third kappa shape index (κ3) is 4.05. The van der Waals surface area contributed by atoms with Gasteiger partial charge in [0.05, 0.1) is 24.1 Å². The molecule has 0 amide bonds. The topological polar surface area (TPSA) is 47.7 Å². The molecule has 0 bridgehead atoms. The molecule has 0 fully saturated rings. The fourth-order valence-corrected chi connectivity index (χ4v) is 2.03. The predicted octanol–water partition coefficient (Wildman–Crippen LogP) is 2.09. The molecule has 0 saturated heterocycles. The van der Waals surface area contributed by atoms with Gasteiger partial charge in [-0.2, -0.15) is 10.2 Å². The fourth-order valence-electron chi connectivity index (χ4n) is 2.03. The number of hydrogen-bond donors (Lipinski definition) is 1. The van der Waals surface area contributed by atoms with Gasteiger partial charge in [-0.05, 0) is 25.5 Å². The average Bonchev–Trinajstić information content (AvgIpc) is 2.98. The summed E-state index contributed by atoms with van der Waals surface area (Å²) < 4.78 is 15.8. The highest BCUT2D eigenvalue weighted by Gasteiger charge is 2.06. The zero-order valence-electron chi connectivity index (χ0n) is 11.8. The molecule has 0 atom stereocenters. The summed E-state index contributed by atoms with van der Waals surface area (Å²) in [4.78, 5) is 0. The fraction of sp³-hybridized carbons (Fsp3) is 0.538. The van der Waals surface area contributed by atoms with Gasteiger partial charge in [0.15, 0.2) is 0 Å². The summed E-state index contributed by atoms with van der Waals surface area (Å²) in [5, 5.41) is 11.9. The molecular weight excluding hydrogens is 281 g/mol. The molecule has 0 aliphatic carbocycles. The van der Waals surface area contributed by atoms with Crippen LogP contribution in [0.2, 0.25) is 0 Å². The normalized spacial score (nSPS) is 10.6. The summed E-state index contributed by atoms with van der Waals surface area (Å²) in [5.41, 5.74) is 3.32. The number of alkyl halides is 1. The van der Waals surface area contributed by atoms with Crippen molar-refractivity contribution < 1.29 is 4.39 Å². The van der Waals surface area contributed by atoms with Crippen LogP contribution in [0.4, 0.5) is 4.39 Å². The zero-order chi connectivity index (χ0) is 13.7. The smallest absolute Gasteiger partial charge is 0.109 e. The van der Waals surface area contributed by atoms with Crippen molar-refractivity contribution in [3.8, 4) is 0 Å². The van der Waals surface area contributed by atoms with Crippen molar-refractivity contribution in [3.05, 3.63) is 35.4 Å². The Balaban J connectivity index is 0.00000200. The van der Waals surface area contributed by atoms with Gasteiger partial charge < -0.3 is 5.32 Å². The van der Waals surface area contributed by atoms with E-state index < -0.39 is 0 Å². The van der Waals surface area contributed by atoms with E-state index in [1.54, 1.807) is 10.9 Å². The van der Waals surface area contributed by atoms with Gasteiger partial charge in [-0.1, -0.05) is 0 Å². The Morgan fingerprint density at radius 2 is 2.15 bits per heavy atom. The Bertz CT molecular complexity index is 523. The second-order valence-electron chi connectivity index (χ2n) is 4.45. The van der Waals surface area contributed by atoms with Gasteiger partial charge in [-0.3, -0.25) is 9.36 Å². The number of aromatic nitrogens is 4. The maximum atomic E-state index is 12.2. The largest absolute Gasteiger partial charge is 0.305 e. The van der Waals surface area contributed by atoms with E-state index in [0.717, 1.165) is 18.8 Å². The lowest BCUT2D eigenvalue weighted by Crippen LogP contribution is -2.17. The number of hydrogen-bond acceptors (Lipinski definition) is 3. The molecule has 2 rings (SSSR count). The first-order valence-electron chi connectivity index (χ1n) is 6.55. The van der Waals surface area contributed by atoms with Crippen LogP contribution in [0.25, 0.3) is 0 Å². The van der Waals surface area contributed by atoms with Gasteiger partial charge in [0.25, 0.3) is 0 Å². The lowest BCUT2D eigenvalue weighted by molar-refractivity contribution is 0.425. The highest BCUT2D eigenvalue weighted by molar-refractivity contribution is 5.85. The minimum Gasteiger partial charge on any atom is -0.305 e. The summed E-state index contributed by atoms with van der Waals surface area (Å²) in [6.07, 6.45) is 3.69. The molecule has 0 saturated carbocycles. The summed E-state index contributed by atoms with van der Waals surface area (Å²) in [5.74, 6) is 0. The standard InChI is InChI=1S/C13H20FN5.ClH/c1-3-19-13(11(2)8-16-19)10-15-9-12-4-6-18(17-12)7-5-14;/h4,6,8,15H,3,5,7,9-10H2,1-2H3;1H. The number of rotatable bonds is 7. The van der Waals surface area contributed by atoms with E-state index in [0.29, 0.717) is 13.1 Å². The van der Waals surface area contributed by atoms with Crippen LogP contribution >= 0.6 is 12.4 Å². The molecule has 1 N–H and O–H groups in total. The first-order valence-corrected chi connectivity index (χ1v) is 6.55. The molecule has 0 radical (unpaired) electrons. The van der Waals surface area contributed by atoms with Crippen LogP contribution in [0.3, 0.4) is 0 Å². The van der Waals surface area contributed by atoms with Gasteiger partial charge in [-0.25, -0.2) is 4.39 Å². The first kappa shape index (κ1) is 16.7. The number of nitrogens with zero attached hydrogens (tertiary/aromatic N) is 4. The molecule has 2 heterocycles. The molecule has 5 nitrogen and oxygen atoms in total. The maximum Gasteiger partial charge on any atom is 0.109 e. The Labute approximate surface area is 124 Å². The second-order valence-corrected chi connectivity index (χ2v) is 4.45. The molecule has 0 aromatic carbocycles. The number of aryl methyl sites for hydroxylation is 3. The first-order chi connectivity index (χ1) is 9.24. The summed E-state index contributed by atoms with van der Waals surface area (Å²) in [7, 11) is 0. The molecule has 2 aromatic rings. The van der Waals surface area contributed by atoms with Crippen molar-refractivity contribution in [2.75, 3.05) is 6.67 Å². The number of nitrogens with one attached hydrogen (secondary N) is 1. The minimum absolute atomic E-state index is 0. The summed E-state index contributed by atoms with van der Waals surface area (Å²) in [6, 6.07) is 1.91. The lowest BCUT2D eigenvalue weighted by atomic mass is 10.2. The van der Waals surface area contributed by atoms with Crippen LogP contribution < -0.4 is 5.32 Å². The van der Waals surface area contributed by atoms with Gasteiger partial charge in [-0.15, -0.1) is 12.4 Å². The minimum atomic E-state index is -0.385. The van der Waals surface area contributed by atoms with Crippen molar-refractivity contribution in [2.45, 2.75) is 40.0 Å². The van der Waals surface area contributed by atoms with Crippen LogP contribution in [-0.2, 0) is 26.2 Å². The zero-order valence-corrected chi connectivity index (χ0v) is 12.7. The molecule has 112 valence electrons. The van der Waals surface area contributed by atoms with Gasteiger partial charge >= 0.3 is 0 Å². The van der Waals surface area contributed by atoms with E-state index in [1.165, 1.54) is 11.3 Å². The SMILES string of the molecule is CCn1ncc(C)c1CNCc1ccn(CCF)n1.Cl. The summed E-state index contributed by atoms with van der Waals surface area (Å²) >= 11 is 0. The molecule has 7 heteroatoms. The van der Waals surface area contributed by atoms with E-state index in [9.17, 15) is 4.39 Å². The van der Waals surface area contributed by atoms with Crippen molar-refractivity contribution in [1.82, 2.24) is 24.9 Å². The van der Waals surface area contributed by atoms with E-state index in [4.69, 9.17) is 0 Å². The Morgan fingerprint density at radius 3 is 2.85 bits per heavy atom. The van der Waals surface area contributed by atoms with Crippen LogP contribution in [-0.4, -0.2) is 26.2 Å². The highest BCUT2D eigenvalue weighted by Crippen LogP contribution is 2.07. The van der Waals surface area contributed by atoms with Crippen LogP contribution in [0.1, 0.15) is 23.9 Å². The molecule has 0 aliphatic heterocycles. The van der Waals surface area contributed by atoms with E-state index in [2.05, 4.69) is 29.4 Å². The number of halogens is 2. The van der Waals surface area contributed by atoms with E-state index in [-0.39, 0.29) is 19.1 Å². The van der Waals surface area contributed by atoms with Crippen molar-refractivity contribution >= 4 is 12.4 Å². The second kappa shape index (κ2) is 8.01. The predicted molar refractivity (Wildman–Crippen MR) is 78.6 cm³/mol. The molecule has 0 unspecified atom stereocenters. The van der Waals surface area contributed by atoms with Gasteiger partial charge in [0.2, 0.25) is 0 Å². The van der Waals surface area contributed by atoms with Gasteiger partial charge in [0.1, 0.15) is 6.67 Å².